The average molecular weight is 314 g/mol. The van der Waals surface area contributed by atoms with Gasteiger partial charge in [-0.25, -0.2) is 0 Å². The zero-order valence-electron chi connectivity index (χ0n) is 10.8. The van der Waals surface area contributed by atoms with E-state index in [0.29, 0.717) is 0 Å². The van der Waals surface area contributed by atoms with Crippen LogP contribution < -0.4 is 5.73 Å². The number of nitrogens with zero attached hydrogens (tertiary/aromatic N) is 2. The monoisotopic (exact) mass is 313 g/mol. The summed E-state index contributed by atoms with van der Waals surface area (Å²) in [6, 6.07) is 8.25. The van der Waals surface area contributed by atoms with Gasteiger partial charge in [0.2, 0.25) is 0 Å². The van der Waals surface area contributed by atoms with Gasteiger partial charge in [-0.1, -0.05) is 47.1 Å². The zero-order valence-corrected chi connectivity index (χ0v) is 12.4. The number of nitrogens with two attached hydrogens (primary N) is 1. The predicted molar refractivity (Wildman–Crippen MR) is 77.7 cm³/mol. The van der Waals surface area contributed by atoms with Crippen LogP contribution >= 0.6 is 15.9 Å². The van der Waals surface area contributed by atoms with E-state index in [1.165, 1.54) is 5.56 Å². The largest absolute Gasteiger partial charge is 0.409 e. The van der Waals surface area contributed by atoms with E-state index in [4.69, 9.17) is 10.9 Å². The van der Waals surface area contributed by atoms with Crippen molar-refractivity contribution in [3.05, 3.63) is 34.3 Å². The molecule has 5 heteroatoms. The van der Waals surface area contributed by atoms with Crippen LogP contribution in [0.5, 0.6) is 0 Å². The molecule has 1 rings (SSSR count). The maximum atomic E-state index is 8.66. The van der Waals surface area contributed by atoms with Crippen LogP contribution in [0.1, 0.15) is 19.4 Å². The molecule has 3 N–H and O–H groups in total. The Labute approximate surface area is 117 Å². The summed E-state index contributed by atoms with van der Waals surface area (Å²) in [5.74, 6) is 0.324. The summed E-state index contributed by atoms with van der Waals surface area (Å²) in [7, 11) is 0. The third kappa shape index (κ3) is 4.66. The molecule has 0 heterocycles. The Morgan fingerprint density at radius 1 is 1.56 bits per heavy atom. The van der Waals surface area contributed by atoms with Crippen LogP contribution in [0.3, 0.4) is 0 Å². The first-order valence-electron chi connectivity index (χ1n) is 6.01. The molecule has 100 valence electrons. The van der Waals surface area contributed by atoms with E-state index >= 15 is 0 Å². The molecule has 1 atom stereocenters. The molecule has 0 aliphatic heterocycles. The average Bonchev–Trinajstić information content (AvgIpc) is 2.36. The van der Waals surface area contributed by atoms with Crippen molar-refractivity contribution < 1.29 is 5.21 Å². The fourth-order valence-corrected chi connectivity index (χ4v) is 2.23. The summed E-state index contributed by atoms with van der Waals surface area (Å²) < 4.78 is 1.08. The van der Waals surface area contributed by atoms with E-state index in [2.05, 4.69) is 45.0 Å². The maximum Gasteiger partial charge on any atom is 0.143 e. The molecule has 1 aromatic rings. The highest BCUT2D eigenvalue weighted by atomic mass is 79.9. The molecule has 0 amide bonds. The van der Waals surface area contributed by atoms with Crippen LogP contribution in [-0.2, 0) is 6.54 Å². The Balaban J connectivity index is 2.62. The standard InChI is InChI=1S/C13H20BrN3O/c1-3-17(8-10(2)13(15)16-18)9-11-5-4-6-12(14)7-11/h4-7,10,18H,3,8-9H2,1-2H3,(H2,15,16). The summed E-state index contributed by atoms with van der Waals surface area (Å²) in [5, 5.41) is 11.7. The van der Waals surface area contributed by atoms with Crippen LogP contribution in [-0.4, -0.2) is 29.0 Å². The van der Waals surface area contributed by atoms with E-state index in [9.17, 15) is 0 Å². The molecule has 0 bridgehead atoms. The van der Waals surface area contributed by atoms with Crippen LogP contribution in [0.25, 0.3) is 0 Å². The molecule has 0 aliphatic carbocycles. The van der Waals surface area contributed by atoms with Crippen molar-refractivity contribution in [1.82, 2.24) is 4.90 Å². The van der Waals surface area contributed by atoms with Crippen molar-refractivity contribution in [2.45, 2.75) is 20.4 Å². The third-order valence-corrected chi connectivity index (χ3v) is 3.39. The molecule has 4 nitrogen and oxygen atoms in total. The highest BCUT2D eigenvalue weighted by molar-refractivity contribution is 9.10. The van der Waals surface area contributed by atoms with Gasteiger partial charge in [-0.2, -0.15) is 0 Å². The van der Waals surface area contributed by atoms with E-state index in [0.717, 1.165) is 24.1 Å². The van der Waals surface area contributed by atoms with Crippen molar-refractivity contribution in [3.8, 4) is 0 Å². The van der Waals surface area contributed by atoms with Crippen molar-refractivity contribution in [2.24, 2.45) is 16.8 Å². The minimum Gasteiger partial charge on any atom is -0.409 e. The van der Waals surface area contributed by atoms with Crippen LogP contribution in [0.15, 0.2) is 33.9 Å². The Bertz CT molecular complexity index is 409. The number of hydrogen-bond donors (Lipinski definition) is 2. The molecule has 0 spiro atoms. The van der Waals surface area contributed by atoms with Gasteiger partial charge in [0.25, 0.3) is 0 Å². The number of halogens is 1. The quantitative estimate of drug-likeness (QED) is 0.367. The van der Waals surface area contributed by atoms with E-state index in [1.54, 1.807) is 0 Å². The lowest BCUT2D eigenvalue weighted by Gasteiger charge is -2.23. The van der Waals surface area contributed by atoms with Gasteiger partial charge in [-0.15, -0.1) is 0 Å². The predicted octanol–water partition coefficient (Wildman–Crippen LogP) is 2.65. The Morgan fingerprint density at radius 2 is 2.28 bits per heavy atom. The maximum absolute atomic E-state index is 8.66. The summed E-state index contributed by atoms with van der Waals surface area (Å²) >= 11 is 3.47. The fraction of sp³-hybridized carbons (Fsp3) is 0.462. The normalized spacial score (nSPS) is 13.9. The Hall–Kier alpha value is -1.07. The molecule has 1 aromatic carbocycles. The first kappa shape index (κ1) is 15.0. The number of amidine groups is 1. The number of benzene rings is 1. The smallest absolute Gasteiger partial charge is 0.143 e. The highest BCUT2D eigenvalue weighted by Crippen LogP contribution is 2.14. The van der Waals surface area contributed by atoms with Gasteiger partial charge < -0.3 is 10.9 Å². The second-order valence-electron chi connectivity index (χ2n) is 4.38. The minimum atomic E-state index is 0.0436. The second-order valence-corrected chi connectivity index (χ2v) is 5.30. The van der Waals surface area contributed by atoms with Crippen molar-refractivity contribution in [1.29, 1.82) is 0 Å². The van der Waals surface area contributed by atoms with Gasteiger partial charge in [-0.05, 0) is 24.2 Å². The first-order chi connectivity index (χ1) is 8.56. The lowest BCUT2D eigenvalue weighted by Crippen LogP contribution is -2.34. The lowest BCUT2D eigenvalue weighted by molar-refractivity contribution is 0.257. The molecule has 1 unspecified atom stereocenters. The Morgan fingerprint density at radius 3 is 2.83 bits per heavy atom. The molecule has 0 saturated heterocycles. The van der Waals surface area contributed by atoms with Gasteiger partial charge in [0.15, 0.2) is 0 Å². The summed E-state index contributed by atoms with van der Waals surface area (Å²) in [4.78, 5) is 2.27. The van der Waals surface area contributed by atoms with Crippen LogP contribution in [0.4, 0.5) is 0 Å². The van der Waals surface area contributed by atoms with Gasteiger partial charge >= 0.3 is 0 Å². The van der Waals surface area contributed by atoms with Gasteiger partial charge in [0.1, 0.15) is 5.84 Å². The van der Waals surface area contributed by atoms with E-state index < -0.39 is 0 Å². The lowest BCUT2D eigenvalue weighted by atomic mass is 10.1. The molecule has 0 fully saturated rings. The topological polar surface area (TPSA) is 61.8 Å². The van der Waals surface area contributed by atoms with Crippen LogP contribution in [0.2, 0.25) is 0 Å². The molecule has 0 aliphatic rings. The molecule has 0 aromatic heterocycles. The third-order valence-electron chi connectivity index (χ3n) is 2.89. The van der Waals surface area contributed by atoms with Gasteiger partial charge in [0.05, 0.1) is 0 Å². The molecular formula is C13H20BrN3O. The van der Waals surface area contributed by atoms with Gasteiger partial charge in [0, 0.05) is 23.5 Å². The van der Waals surface area contributed by atoms with E-state index in [1.807, 2.05) is 19.1 Å². The molecular weight excluding hydrogens is 294 g/mol. The fourth-order valence-electron chi connectivity index (χ4n) is 1.78. The summed E-state index contributed by atoms with van der Waals surface area (Å²) in [6.07, 6.45) is 0. The molecule has 18 heavy (non-hydrogen) atoms. The number of hydrogen-bond acceptors (Lipinski definition) is 3. The number of oxime groups is 1. The van der Waals surface area contributed by atoms with Crippen molar-refractivity contribution >= 4 is 21.8 Å². The van der Waals surface area contributed by atoms with E-state index in [-0.39, 0.29) is 11.8 Å². The molecule has 0 radical (unpaired) electrons. The molecule has 0 saturated carbocycles. The number of rotatable bonds is 6. The first-order valence-corrected chi connectivity index (χ1v) is 6.80. The second kappa shape index (κ2) is 7.38. The van der Waals surface area contributed by atoms with Crippen molar-refractivity contribution in [2.75, 3.05) is 13.1 Å². The SMILES string of the molecule is CCN(Cc1cccc(Br)c1)CC(C)C(N)=NO. The zero-order chi connectivity index (χ0) is 13.5. The summed E-state index contributed by atoms with van der Waals surface area (Å²) in [5.41, 5.74) is 6.85. The minimum absolute atomic E-state index is 0.0436. The highest BCUT2D eigenvalue weighted by Gasteiger charge is 2.13. The Kier molecular flexibility index (Phi) is 6.15. The van der Waals surface area contributed by atoms with Crippen LogP contribution in [0, 0.1) is 5.92 Å². The summed E-state index contributed by atoms with van der Waals surface area (Å²) in [6.45, 7) is 6.63. The van der Waals surface area contributed by atoms with Gasteiger partial charge in [-0.3, -0.25) is 4.90 Å². The van der Waals surface area contributed by atoms with Crippen molar-refractivity contribution in [3.63, 3.8) is 0 Å².